The van der Waals surface area contributed by atoms with Gasteiger partial charge in [-0.1, -0.05) is 25.9 Å². The molecule has 1 aromatic carbocycles. The number of rotatable bonds is 4. The largest absolute Gasteiger partial charge is 0.374 e. The average Bonchev–Trinajstić information content (AvgIpc) is 3.04. The van der Waals surface area contributed by atoms with Crippen molar-refractivity contribution in [2.75, 3.05) is 23.3 Å². The van der Waals surface area contributed by atoms with Gasteiger partial charge in [-0.25, -0.2) is 4.39 Å². The molecule has 0 amide bonds. The maximum atomic E-state index is 14.7. The molecule has 0 unspecified atom stereocenters. The first-order chi connectivity index (χ1) is 12.6. The zero-order valence-electron chi connectivity index (χ0n) is 16.9. The lowest BCUT2D eigenvalue weighted by molar-refractivity contribution is -0.00539. The molecule has 2 heterocycles. The molecule has 3 atom stereocenters. The Balaban J connectivity index is 1.71. The van der Waals surface area contributed by atoms with Gasteiger partial charge < -0.3 is 19.5 Å². The van der Waals surface area contributed by atoms with Crippen LogP contribution in [0.4, 0.5) is 15.8 Å². The summed E-state index contributed by atoms with van der Waals surface area (Å²) in [6.07, 6.45) is 0.168. The van der Waals surface area contributed by atoms with Crippen molar-refractivity contribution in [3.8, 4) is 0 Å². The Morgan fingerprint density at radius 2 is 1.89 bits per heavy atom. The number of hydrogen-bond acceptors (Lipinski definition) is 6. The van der Waals surface area contributed by atoms with Gasteiger partial charge in [0.2, 0.25) is 5.89 Å². The first kappa shape index (κ1) is 19.6. The van der Waals surface area contributed by atoms with Crippen molar-refractivity contribution >= 4 is 11.4 Å². The maximum Gasteiger partial charge on any atom is 0.248 e. The van der Waals surface area contributed by atoms with Crippen LogP contribution in [0.3, 0.4) is 0 Å². The van der Waals surface area contributed by atoms with Crippen LogP contribution in [0.5, 0.6) is 0 Å². The summed E-state index contributed by atoms with van der Waals surface area (Å²) in [5.74, 6) is 0.887. The highest BCUT2D eigenvalue weighted by Gasteiger charge is 2.25. The third kappa shape index (κ3) is 4.58. The van der Waals surface area contributed by atoms with Crippen LogP contribution < -0.4 is 10.2 Å². The predicted octanol–water partition coefficient (Wildman–Crippen LogP) is 4.29. The van der Waals surface area contributed by atoms with E-state index in [1.807, 2.05) is 58.6 Å². The van der Waals surface area contributed by atoms with E-state index in [0.29, 0.717) is 36.2 Å². The summed E-state index contributed by atoms with van der Waals surface area (Å²) in [6.45, 7) is 13.4. The summed E-state index contributed by atoms with van der Waals surface area (Å²) in [5.41, 5.74) is 1.10. The molecule has 0 radical (unpaired) electrons. The van der Waals surface area contributed by atoms with Crippen molar-refractivity contribution in [1.29, 1.82) is 0 Å². The lowest BCUT2D eigenvalue weighted by atomic mass is 9.96. The van der Waals surface area contributed by atoms with Gasteiger partial charge in [0, 0.05) is 24.2 Å². The molecule has 0 saturated carbocycles. The van der Waals surface area contributed by atoms with E-state index in [-0.39, 0.29) is 29.5 Å². The zero-order chi connectivity index (χ0) is 19.8. The molecule has 27 heavy (non-hydrogen) atoms. The topological polar surface area (TPSA) is 63.4 Å². The Labute approximate surface area is 160 Å². The van der Waals surface area contributed by atoms with E-state index in [4.69, 9.17) is 9.26 Å². The van der Waals surface area contributed by atoms with E-state index in [0.717, 1.165) is 0 Å². The van der Waals surface area contributed by atoms with Crippen molar-refractivity contribution < 1.29 is 13.7 Å². The van der Waals surface area contributed by atoms with Crippen LogP contribution in [0.15, 0.2) is 22.7 Å². The van der Waals surface area contributed by atoms with Gasteiger partial charge in [0.25, 0.3) is 0 Å². The summed E-state index contributed by atoms with van der Waals surface area (Å²) in [7, 11) is 0. The number of anilines is 2. The monoisotopic (exact) mass is 376 g/mol. The van der Waals surface area contributed by atoms with Gasteiger partial charge in [0.15, 0.2) is 5.82 Å². The molecule has 6 nitrogen and oxygen atoms in total. The number of morpholine rings is 1. The van der Waals surface area contributed by atoms with E-state index < -0.39 is 0 Å². The number of aromatic nitrogens is 2. The maximum absolute atomic E-state index is 14.7. The van der Waals surface area contributed by atoms with Gasteiger partial charge in [-0.15, -0.1) is 0 Å². The third-order valence-electron chi connectivity index (χ3n) is 4.57. The Bertz CT molecular complexity index is 777. The van der Waals surface area contributed by atoms with Gasteiger partial charge in [-0.2, -0.15) is 4.98 Å². The zero-order valence-corrected chi connectivity index (χ0v) is 16.9. The Kier molecular flexibility index (Phi) is 5.42. The Hall–Kier alpha value is -2.15. The summed E-state index contributed by atoms with van der Waals surface area (Å²) < 4.78 is 25.8. The van der Waals surface area contributed by atoms with Crippen LogP contribution in [0.1, 0.15) is 59.3 Å². The van der Waals surface area contributed by atoms with Crippen molar-refractivity contribution in [3.05, 3.63) is 35.7 Å². The molecule has 7 heteroatoms. The molecule has 3 rings (SSSR count). The van der Waals surface area contributed by atoms with E-state index in [1.165, 1.54) is 6.07 Å². The average molecular weight is 376 g/mol. The van der Waals surface area contributed by atoms with Crippen LogP contribution in [-0.4, -0.2) is 35.4 Å². The molecule has 1 fully saturated rings. The lowest BCUT2D eigenvalue weighted by Gasteiger charge is -2.37. The van der Waals surface area contributed by atoms with E-state index >= 15 is 0 Å². The fourth-order valence-corrected chi connectivity index (χ4v) is 3.26. The Morgan fingerprint density at radius 1 is 1.22 bits per heavy atom. The van der Waals surface area contributed by atoms with Crippen LogP contribution in [0.25, 0.3) is 0 Å². The molecule has 0 aliphatic carbocycles. The quantitative estimate of drug-likeness (QED) is 0.859. The predicted molar refractivity (Wildman–Crippen MR) is 104 cm³/mol. The van der Waals surface area contributed by atoms with Crippen molar-refractivity contribution in [3.63, 3.8) is 0 Å². The van der Waals surface area contributed by atoms with Crippen molar-refractivity contribution in [1.82, 2.24) is 10.1 Å². The smallest absolute Gasteiger partial charge is 0.248 e. The highest BCUT2D eigenvalue weighted by atomic mass is 19.1. The second kappa shape index (κ2) is 7.46. The molecule has 1 aliphatic heterocycles. The number of hydrogen-bond donors (Lipinski definition) is 1. The first-order valence-electron chi connectivity index (χ1n) is 9.44. The summed E-state index contributed by atoms with van der Waals surface area (Å²) in [6, 6.07) is 4.98. The molecule has 2 aromatic rings. The molecular weight excluding hydrogens is 347 g/mol. The van der Waals surface area contributed by atoms with Crippen molar-refractivity contribution in [2.45, 2.75) is 65.2 Å². The third-order valence-corrected chi connectivity index (χ3v) is 4.57. The van der Waals surface area contributed by atoms with Gasteiger partial charge >= 0.3 is 0 Å². The summed E-state index contributed by atoms with van der Waals surface area (Å²) >= 11 is 0. The Morgan fingerprint density at radius 3 is 2.44 bits per heavy atom. The van der Waals surface area contributed by atoms with E-state index in [9.17, 15) is 4.39 Å². The highest BCUT2D eigenvalue weighted by molar-refractivity contribution is 5.57. The van der Waals surface area contributed by atoms with E-state index in [1.54, 1.807) is 0 Å². The minimum atomic E-state index is -0.255. The fraction of sp³-hybridized carbons (Fsp3) is 0.600. The fourth-order valence-electron chi connectivity index (χ4n) is 3.26. The minimum Gasteiger partial charge on any atom is -0.374 e. The summed E-state index contributed by atoms with van der Waals surface area (Å²) in [4.78, 5) is 6.49. The molecule has 0 spiro atoms. The number of nitrogens with zero attached hydrogens (tertiary/aromatic N) is 3. The summed E-state index contributed by atoms with van der Waals surface area (Å²) in [5, 5.41) is 7.27. The molecule has 1 N–H and O–H groups in total. The van der Waals surface area contributed by atoms with Crippen LogP contribution >= 0.6 is 0 Å². The number of benzene rings is 1. The molecule has 0 bridgehead atoms. The van der Waals surface area contributed by atoms with Gasteiger partial charge in [-0.3, -0.25) is 0 Å². The number of ether oxygens (including phenoxy) is 1. The van der Waals surface area contributed by atoms with Gasteiger partial charge in [0.05, 0.1) is 17.9 Å². The second-order valence-electron chi connectivity index (χ2n) is 8.40. The molecule has 1 aromatic heterocycles. The molecule has 148 valence electrons. The molecule has 1 aliphatic rings. The van der Waals surface area contributed by atoms with Crippen LogP contribution in [0.2, 0.25) is 0 Å². The lowest BCUT2D eigenvalue weighted by Crippen LogP contribution is -2.45. The number of halogens is 1. The SMILES string of the molecule is C[C@@H]1CN(c2ccc(N[C@@H](C)c3nc(C(C)(C)C)no3)cc2F)C[C@H](C)O1. The van der Waals surface area contributed by atoms with Gasteiger partial charge in [0.1, 0.15) is 11.9 Å². The number of nitrogens with one attached hydrogen (secondary N) is 1. The van der Waals surface area contributed by atoms with E-state index in [2.05, 4.69) is 15.5 Å². The highest BCUT2D eigenvalue weighted by Crippen LogP contribution is 2.28. The normalized spacial score (nSPS) is 22.0. The van der Waals surface area contributed by atoms with Crippen LogP contribution in [-0.2, 0) is 10.2 Å². The first-order valence-corrected chi connectivity index (χ1v) is 9.44. The van der Waals surface area contributed by atoms with Crippen molar-refractivity contribution in [2.24, 2.45) is 0 Å². The van der Waals surface area contributed by atoms with Gasteiger partial charge in [-0.05, 0) is 39.0 Å². The second-order valence-corrected chi connectivity index (χ2v) is 8.40. The standard InChI is InChI=1S/C20H29FN4O2/c1-12-10-25(11-13(2)26-12)17-8-7-15(9-16(17)21)22-14(3)18-23-19(24-27-18)20(4,5)6/h7-9,12-14,22H,10-11H2,1-6H3/t12-,13+,14-/m0/s1. The minimum absolute atomic E-state index is 0.0838. The molecule has 1 saturated heterocycles. The molecular formula is C20H29FN4O2. The van der Waals surface area contributed by atoms with Crippen LogP contribution in [0, 0.1) is 5.82 Å².